The Balaban J connectivity index is 2.45. The van der Waals surface area contributed by atoms with E-state index in [0.717, 1.165) is 32.0 Å². The van der Waals surface area contributed by atoms with Crippen LogP contribution in [0.4, 0.5) is 0 Å². The van der Waals surface area contributed by atoms with Crippen molar-refractivity contribution in [3.8, 4) is 0 Å². The lowest BCUT2D eigenvalue weighted by atomic mass is 9.80. The number of primary amides is 1. The maximum Gasteiger partial charge on any atom is 0.237 e. The number of hydrogen-bond acceptors (Lipinski definition) is 3. The van der Waals surface area contributed by atoms with Gasteiger partial charge in [0.15, 0.2) is 0 Å². The maximum atomic E-state index is 11.4. The molecule has 1 aliphatic heterocycles. The number of rotatable bonds is 5. The first-order valence-electron chi connectivity index (χ1n) is 6.90. The molecule has 1 saturated heterocycles. The molecule has 0 aromatic rings. The third kappa shape index (κ3) is 3.69. The van der Waals surface area contributed by atoms with E-state index in [1.807, 2.05) is 6.92 Å². The summed E-state index contributed by atoms with van der Waals surface area (Å²) in [6, 6.07) is 0. The van der Waals surface area contributed by atoms with Crippen molar-refractivity contribution in [1.29, 1.82) is 0 Å². The van der Waals surface area contributed by atoms with Gasteiger partial charge in [-0.05, 0) is 44.7 Å². The minimum Gasteiger partial charge on any atom is -0.368 e. The Morgan fingerprint density at radius 2 is 2.00 bits per heavy atom. The fourth-order valence-electron chi connectivity index (χ4n) is 2.50. The third-order valence-corrected chi connectivity index (χ3v) is 4.52. The molecule has 0 bridgehead atoms. The summed E-state index contributed by atoms with van der Waals surface area (Å²) in [5, 5.41) is 3.04. The SMILES string of the molecule is CNC(C)(CCN1CCC(C(C)(C)C)C1)C(N)=O. The topological polar surface area (TPSA) is 58.4 Å². The van der Waals surface area contributed by atoms with Gasteiger partial charge in [0.2, 0.25) is 5.91 Å². The van der Waals surface area contributed by atoms with Crippen molar-refractivity contribution in [1.82, 2.24) is 10.2 Å². The second kappa shape index (κ2) is 5.57. The minimum absolute atomic E-state index is 0.267. The van der Waals surface area contributed by atoms with Gasteiger partial charge in [0.05, 0.1) is 5.54 Å². The zero-order valence-electron chi connectivity index (χ0n) is 12.5. The Morgan fingerprint density at radius 1 is 1.39 bits per heavy atom. The number of likely N-dealkylation sites (N-methyl/N-ethyl adjacent to an activating group) is 1. The molecule has 106 valence electrons. The number of nitrogens with one attached hydrogen (secondary N) is 1. The van der Waals surface area contributed by atoms with Gasteiger partial charge in [-0.3, -0.25) is 4.79 Å². The van der Waals surface area contributed by atoms with Crippen molar-refractivity contribution < 1.29 is 4.79 Å². The normalized spacial score (nSPS) is 25.1. The van der Waals surface area contributed by atoms with Gasteiger partial charge >= 0.3 is 0 Å². The van der Waals surface area contributed by atoms with Crippen LogP contribution in [0.3, 0.4) is 0 Å². The zero-order chi connectivity index (χ0) is 14.0. The Kier molecular flexibility index (Phi) is 4.78. The number of amides is 1. The quantitative estimate of drug-likeness (QED) is 0.776. The van der Waals surface area contributed by atoms with Crippen LogP contribution in [0.15, 0.2) is 0 Å². The average molecular weight is 255 g/mol. The van der Waals surface area contributed by atoms with Crippen LogP contribution in [0.25, 0.3) is 0 Å². The van der Waals surface area contributed by atoms with Crippen molar-refractivity contribution >= 4 is 5.91 Å². The molecule has 1 fully saturated rings. The van der Waals surface area contributed by atoms with Crippen LogP contribution in [0.1, 0.15) is 40.5 Å². The number of likely N-dealkylation sites (tertiary alicyclic amines) is 1. The van der Waals surface area contributed by atoms with Crippen LogP contribution in [-0.4, -0.2) is 43.0 Å². The third-order valence-electron chi connectivity index (χ3n) is 4.52. The summed E-state index contributed by atoms with van der Waals surface area (Å²) in [4.78, 5) is 13.9. The maximum absolute atomic E-state index is 11.4. The van der Waals surface area contributed by atoms with E-state index in [1.54, 1.807) is 7.05 Å². The monoisotopic (exact) mass is 255 g/mol. The van der Waals surface area contributed by atoms with Crippen molar-refractivity contribution in [2.24, 2.45) is 17.1 Å². The van der Waals surface area contributed by atoms with Crippen LogP contribution in [0.2, 0.25) is 0 Å². The fraction of sp³-hybridized carbons (Fsp3) is 0.929. The Morgan fingerprint density at radius 3 is 2.39 bits per heavy atom. The molecule has 18 heavy (non-hydrogen) atoms. The highest BCUT2D eigenvalue weighted by molar-refractivity contribution is 5.84. The van der Waals surface area contributed by atoms with Gasteiger partial charge in [0.25, 0.3) is 0 Å². The molecule has 1 heterocycles. The molecule has 1 rings (SSSR count). The summed E-state index contributed by atoms with van der Waals surface area (Å²) in [7, 11) is 1.80. The van der Waals surface area contributed by atoms with E-state index in [1.165, 1.54) is 6.42 Å². The van der Waals surface area contributed by atoms with E-state index < -0.39 is 5.54 Å². The summed E-state index contributed by atoms with van der Waals surface area (Å²) < 4.78 is 0. The van der Waals surface area contributed by atoms with Crippen LogP contribution < -0.4 is 11.1 Å². The molecule has 3 N–H and O–H groups in total. The van der Waals surface area contributed by atoms with E-state index in [0.29, 0.717) is 5.41 Å². The van der Waals surface area contributed by atoms with Gasteiger partial charge in [-0.1, -0.05) is 20.8 Å². The molecule has 1 amide bonds. The first-order valence-corrected chi connectivity index (χ1v) is 6.90. The lowest BCUT2D eigenvalue weighted by Gasteiger charge is -2.29. The summed E-state index contributed by atoms with van der Waals surface area (Å²) in [5.41, 5.74) is 5.24. The van der Waals surface area contributed by atoms with Gasteiger partial charge in [-0.2, -0.15) is 0 Å². The van der Waals surface area contributed by atoms with Crippen molar-refractivity contribution in [3.05, 3.63) is 0 Å². The van der Waals surface area contributed by atoms with Crippen LogP contribution >= 0.6 is 0 Å². The Bertz CT molecular complexity index is 298. The Labute approximate surface area is 111 Å². The van der Waals surface area contributed by atoms with E-state index in [-0.39, 0.29) is 5.91 Å². The van der Waals surface area contributed by atoms with Crippen LogP contribution in [0, 0.1) is 11.3 Å². The number of carbonyl (C=O) groups excluding carboxylic acids is 1. The molecular formula is C14H29N3O. The highest BCUT2D eigenvalue weighted by Gasteiger charge is 2.34. The summed E-state index contributed by atoms with van der Waals surface area (Å²) in [6.45, 7) is 12.0. The molecule has 1 aliphatic rings. The molecule has 0 saturated carbocycles. The highest BCUT2D eigenvalue weighted by atomic mass is 16.1. The van der Waals surface area contributed by atoms with E-state index >= 15 is 0 Å². The molecule has 0 aromatic heterocycles. The van der Waals surface area contributed by atoms with Crippen LogP contribution in [0.5, 0.6) is 0 Å². The first-order chi connectivity index (χ1) is 8.19. The smallest absolute Gasteiger partial charge is 0.237 e. The largest absolute Gasteiger partial charge is 0.368 e. The predicted molar refractivity (Wildman–Crippen MR) is 75.3 cm³/mol. The van der Waals surface area contributed by atoms with Gasteiger partial charge in [0.1, 0.15) is 0 Å². The minimum atomic E-state index is -0.584. The van der Waals surface area contributed by atoms with Crippen molar-refractivity contribution in [2.45, 2.75) is 46.1 Å². The second-order valence-corrected chi connectivity index (χ2v) is 6.85. The van der Waals surface area contributed by atoms with Gasteiger partial charge in [-0.25, -0.2) is 0 Å². The molecule has 4 heteroatoms. The molecule has 2 unspecified atom stereocenters. The summed E-state index contributed by atoms with van der Waals surface area (Å²) in [5.74, 6) is 0.489. The number of nitrogens with zero attached hydrogens (tertiary/aromatic N) is 1. The molecule has 4 nitrogen and oxygen atoms in total. The molecule has 0 spiro atoms. The van der Waals surface area contributed by atoms with Crippen LogP contribution in [-0.2, 0) is 4.79 Å². The van der Waals surface area contributed by atoms with E-state index in [2.05, 4.69) is 31.0 Å². The number of hydrogen-bond donors (Lipinski definition) is 2. The number of nitrogens with two attached hydrogens (primary N) is 1. The average Bonchev–Trinajstić information content (AvgIpc) is 2.73. The summed E-state index contributed by atoms with van der Waals surface area (Å²) >= 11 is 0. The first kappa shape index (κ1) is 15.4. The zero-order valence-corrected chi connectivity index (χ0v) is 12.5. The Hall–Kier alpha value is -0.610. The lowest BCUT2D eigenvalue weighted by Crippen LogP contribution is -2.53. The molecule has 0 radical (unpaired) electrons. The lowest BCUT2D eigenvalue weighted by molar-refractivity contribution is -0.124. The molecule has 0 aromatic carbocycles. The van der Waals surface area contributed by atoms with Crippen molar-refractivity contribution in [2.75, 3.05) is 26.7 Å². The van der Waals surface area contributed by atoms with Gasteiger partial charge < -0.3 is 16.0 Å². The standard InChI is InChI=1S/C14H29N3O/c1-13(2,3)11-6-8-17(10-11)9-7-14(4,16-5)12(15)18/h11,16H,6-10H2,1-5H3,(H2,15,18). The predicted octanol–water partition coefficient (Wildman–Crippen LogP) is 1.21. The van der Waals surface area contributed by atoms with E-state index in [9.17, 15) is 4.79 Å². The molecule has 2 atom stereocenters. The van der Waals surface area contributed by atoms with Crippen molar-refractivity contribution in [3.63, 3.8) is 0 Å². The fourth-order valence-corrected chi connectivity index (χ4v) is 2.50. The highest BCUT2D eigenvalue weighted by Crippen LogP contribution is 2.33. The molecule has 0 aliphatic carbocycles. The van der Waals surface area contributed by atoms with Gasteiger partial charge in [0, 0.05) is 13.1 Å². The number of carbonyl (C=O) groups is 1. The van der Waals surface area contributed by atoms with E-state index in [4.69, 9.17) is 5.73 Å². The summed E-state index contributed by atoms with van der Waals surface area (Å²) in [6.07, 6.45) is 2.03. The molecular weight excluding hydrogens is 226 g/mol. The van der Waals surface area contributed by atoms with Gasteiger partial charge in [-0.15, -0.1) is 0 Å². The second-order valence-electron chi connectivity index (χ2n) is 6.85.